The molecule has 1 aromatic rings. The monoisotopic (exact) mass is 374 g/mol. The summed E-state index contributed by atoms with van der Waals surface area (Å²) in [6.07, 6.45) is -4.54. The van der Waals surface area contributed by atoms with Crippen LogP contribution in [-0.2, 0) is 16.4 Å². The Balaban J connectivity index is 3.16. The number of anilines is 1. The van der Waals surface area contributed by atoms with Crippen LogP contribution in [0.3, 0.4) is 0 Å². The second-order valence-corrected chi connectivity index (χ2v) is 6.99. The lowest BCUT2D eigenvalue weighted by molar-refractivity contribution is -0.137. The largest absolute Gasteiger partial charge is 0.416 e. The highest BCUT2D eigenvalue weighted by Gasteiger charge is 2.31. The van der Waals surface area contributed by atoms with Crippen LogP contribution in [0, 0.1) is 0 Å². The summed E-state index contributed by atoms with van der Waals surface area (Å²) in [5.74, 6) is 0. The molecule has 0 heterocycles. The fourth-order valence-electron chi connectivity index (χ4n) is 1.27. The summed E-state index contributed by atoms with van der Waals surface area (Å²) in [6, 6.07) is 2.44. The molecule has 0 aromatic heterocycles. The summed E-state index contributed by atoms with van der Waals surface area (Å²) < 4.78 is 65.2. The summed E-state index contributed by atoms with van der Waals surface area (Å²) in [4.78, 5) is 0. The van der Waals surface area contributed by atoms with Crippen LogP contribution in [0.4, 0.5) is 18.9 Å². The van der Waals surface area contributed by atoms with Gasteiger partial charge in [0, 0.05) is 17.6 Å². The molecule has 0 saturated heterocycles. The van der Waals surface area contributed by atoms with Gasteiger partial charge >= 0.3 is 16.4 Å². The molecule has 0 saturated carbocycles. The molecular formula is C11H14BrF3N2O2S. The van der Waals surface area contributed by atoms with Crippen LogP contribution in [0.2, 0.25) is 0 Å². The van der Waals surface area contributed by atoms with Crippen LogP contribution < -0.4 is 4.72 Å². The van der Waals surface area contributed by atoms with Gasteiger partial charge in [0.05, 0.1) is 11.3 Å². The summed E-state index contributed by atoms with van der Waals surface area (Å²) in [7, 11) is -2.57. The third-order valence-corrected chi connectivity index (χ3v) is 4.99. The minimum atomic E-state index is -4.54. The van der Waals surface area contributed by atoms with Crippen molar-refractivity contribution in [1.29, 1.82) is 0 Å². The Bertz CT molecular complexity index is 588. The van der Waals surface area contributed by atoms with Gasteiger partial charge in [-0.2, -0.15) is 25.9 Å². The lowest BCUT2D eigenvalue weighted by atomic mass is 10.2. The van der Waals surface area contributed by atoms with E-state index < -0.39 is 21.9 Å². The van der Waals surface area contributed by atoms with E-state index in [1.165, 1.54) is 7.05 Å². The Hall–Kier alpha value is -0.800. The molecule has 1 rings (SSSR count). The zero-order chi connectivity index (χ0) is 15.7. The van der Waals surface area contributed by atoms with E-state index in [2.05, 4.69) is 20.7 Å². The Morgan fingerprint density at radius 2 is 1.85 bits per heavy atom. The number of rotatable bonds is 4. The molecule has 1 N–H and O–H groups in total. The van der Waals surface area contributed by atoms with Gasteiger partial charge in [0.25, 0.3) is 0 Å². The molecule has 0 aliphatic carbocycles. The number of hydrogen-bond donors (Lipinski definition) is 1. The molecule has 1 aromatic carbocycles. The molecule has 4 nitrogen and oxygen atoms in total. The maximum Gasteiger partial charge on any atom is 0.416 e. The molecule has 9 heteroatoms. The highest BCUT2D eigenvalue weighted by atomic mass is 79.9. The number of nitrogens with zero attached hydrogens (tertiary/aromatic N) is 1. The van der Waals surface area contributed by atoms with Crippen LogP contribution in [0.15, 0.2) is 22.7 Å². The molecule has 0 aliphatic rings. The molecule has 0 atom stereocenters. The van der Waals surface area contributed by atoms with Crippen molar-refractivity contribution in [2.24, 2.45) is 0 Å². The average molecular weight is 375 g/mol. The molecule has 0 unspecified atom stereocenters. The highest BCUT2D eigenvalue weighted by Crippen LogP contribution is 2.34. The van der Waals surface area contributed by atoms with Crippen molar-refractivity contribution in [3.05, 3.63) is 28.2 Å². The number of benzene rings is 1. The van der Waals surface area contributed by atoms with Gasteiger partial charge < -0.3 is 0 Å². The normalized spacial score (nSPS) is 13.1. The first-order chi connectivity index (χ1) is 8.95. The summed E-state index contributed by atoms with van der Waals surface area (Å²) in [6.45, 7) is 3.31. The first-order valence-electron chi connectivity index (χ1n) is 5.57. The van der Waals surface area contributed by atoms with Crippen molar-refractivity contribution >= 4 is 31.8 Å². The first kappa shape index (κ1) is 17.3. The lowest BCUT2D eigenvalue weighted by Gasteiger charge is -2.22. The zero-order valence-corrected chi connectivity index (χ0v) is 13.4. The topological polar surface area (TPSA) is 49.4 Å². The van der Waals surface area contributed by atoms with Gasteiger partial charge in [0.1, 0.15) is 0 Å². The van der Waals surface area contributed by atoms with Crippen molar-refractivity contribution in [2.75, 3.05) is 11.8 Å². The van der Waals surface area contributed by atoms with E-state index in [9.17, 15) is 21.6 Å². The number of hydrogen-bond acceptors (Lipinski definition) is 2. The fourth-order valence-corrected chi connectivity index (χ4v) is 2.89. The van der Waals surface area contributed by atoms with E-state index in [4.69, 9.17) is 0 Å². The Morgan fingerprint density at radius 3 is 2.30 bits per heavy atom. The van der Waals surface area contributed by atoms with Gasteiger partial charge in [-0.3, -0.25) is 4.72 Å². The molecule has 20 heavy (non-hydrogen) atoms. The van der Waals surface area contributed by atoms with E-state index >= 15 is 0 Å². The second kappa shape index (κ2) is 5.90. The van der Waals surface area contributed by atoms with Gasteiger partial charge in [-0.1, -0.05) is 0 Å². The van der Waals surface area contributed by atoms with Crippen molar-refractivity contribution in [2.45, 2.75) is 26.1 Å². The van der Waals surface area contributed by atoms with E-state index in [1.54, 1.807) is 13.8 Å². The summed E-state index contributed by atoms with van der Waals surface area (Å²) >= 11 is 3.02. The third-order valence-electron chi connectivity index (χ3n) is 2.64. The standard InChI is InChI=1S/C11H14BrF3N2O2S/c1-7(2)17(3)20(18,19)16-10-6-8(11(13,14)15)4-5-9(10)12/h4-7,16H,1-3H3. The number of halogens is 4. The molecule has 0 aliphatic heterocycles. The maximum atomic E-state index is 12.6. The van der Waals surface area contributed by atoms with Crippen LogP contribution in [-0.4, -0.2) is 25.8 Å². The molecule has 114 valence electrons. The smallest absolute Gasteiger partial charge is 0.270 e. The van der Waals surface area contributed by atoms with Gasteiger partial charge in [-0.05, 0) is 48.0 Å². The van der Waals surface area contributed by atoms with Crippen LogP contribution >= 0.6 is 15.9 Å². The van der Waals surface area contributed by atoms with Crippen molar-refractivity contribution in [3.8, 4) is 0 Å². The van der Waals surface area contributed by atoms with Gasteiger partial charge in [-0.15, -0.1) is 0 Å². The molecule has 0 radical (unpaired) electrons. The van der Waals surface area contributed by atoms with Crippen molar-refractivity contribution in [3.63, 3.8) is 0 Å². The summed E-state index contributed by atoms with van der Waals surface area (Å²) in [5, 5.41) is 0. The predicted molar refractivity (Wildman–Crippen MR) is 74.6 cm³/mol. The minimum absolute atomic E-state index is 0.160. The van der Waals surface area contributed by atoms with E-state index in [0.29, 0.717) is 0 Å². The Morgan fingerprint density at radius 1 is 1.30 bits per heavy atom. The van der Waals surface area contributed by atoms with E-state index in [-0.39, 0.29) is 16.2 Å². The van der Waals surface area contributed by atoms with Crippen LogP contribution in [0.25, 0.3) is 0 Å². The van der Waals surface area contributed by atoms with Crippen LogP contribution in [0.1, 0.15) is 19.4 Å². The maximum absolute atomic E-state index is 12.6. The zero-order valence-electron chi connectivity index (χ0n) is 11.0. The summed E-state index contributed by atoms with van der Waals surface area (Å²) in [5.41, 5.74) is -1.09. The molecular weight excluding hydrogens is 361 g/mol. The number of alkyl halides is 3. The van der Waals surface area contributed by atoms with E-state index in [0.717, 1.165) is 22.5 Å². The lowest BCUT2D eigenvalue weighted by Crippen LogP contribution is -2.37. The van der Waals surface area contributed by atoms with Gasteiger partial charge in [0.2, 0.25) is 0 Å². The predicted octanol–water partition coefficient (Wildman–Crippen LogP) is 3.46. The molecule has 0 amide bonds. The first-order valence-corrected chi connectivity index (χ1v) is 7.81. The molecule has 0 spiro atoms. The molecule has 0 bridgehead atoms. The third kappa shape index (κ3) is 4.10. The Labute approximate surface area is 124 Å². The highest BCUT2D eigenvalue weighted by molar-refractivity contribution is 9.10. The quantitative estimate of drug-likeness (QED) is 0.876. The van der Waals surface area contributed by atoms with E-state index in [1.807, 2.05) is 0 Å². The van der Waals surface area contributed by atoms with Crippen molar-refractivity contribution in [1.82, 2.24) is 4.31 Å². The van der Waals surface area contributed by atoms with Gasteiger partial charge in [-0.25, -0.2) is 0 Å². The minimum Gasteiger partial charge on any atom is -0.270 e. The number of nitrogens with one attached hydrogen (secondary N) is 1. The average Bonchev–Trinajstić information content (AvgIpc) is 2.29. The van der Waals surface area contributed by atoms with Gasteiger partial charge in [0.15, 0.2) is 0 Å². The van der Waals surface area contributed by atoms with Crippen molar-refractivity contribution < 1.29 is 21.6 Å². The molecule has 0 fully saturated rings. The fraction of sp³-hybridized carbons (Fsp3) is 0.455. The SMILES string of the molecule is CC(C)N(C)S(=O)(=O)Nc1cc(C(F)(F)F)ccc1Br. The Kier molecular flexibility index (Phi) is 5.09. The second-order valence-electron chi connectivity index (χ2n) is 4.41. The van der Waals surface area contributed by atoms with Crippen LogP contribution in [0.5, 0.6) is 0 Å².